The van der Waals surface area contributed by atoms with Crippen LogP contribution in [-0.4, -0.2) is 29.1 Å². The van der Waals surface area contributed by atoms with Gasteiger partial charge in [0, 0.05) is 18.8 Å². The lowest BCUT2D eigenvalue weighted by molar-refractivity contribution is 0.0696. The molecule has 1 heterocycles. The first-order valence-corrected chi connectivity index (χ1v) is 6.45. The van der Waals surface area contributed by atoms with E-state index in [2.05, 4.69) is 9.88 Å². The standard InChI is InChI=1S/C14H20N2O2/c1-9-8-10(2)15-13(12(9)14(17)18)16(3)11-6-4-5-7-11/h8,11H,4-7H2,1-3H3,(H,17,18). The number of nitrogens with zero attached hydrogens (tertiary/aromatic N) is 2. The minimum absolute atomic E-state index is 0.343. The number of aryl methyl sites for hydroxylation is 2. The SMILES string of the molecule is Cc1cc(C)c(C(=O)O)c(N(C)C2CCCC2)n1. The number of aromatic carboxylic acids is 1. The van der Waals surface area contributed by atoms with Crippen molar-refractivity contribution in [3.8, 4) is 0 Å². The molecule has 2 rings (SSSR count). The molecule has 0 amide bonds. The van der Waals surface area contributed by atoms with Crippen molar-refractivity contribution in [2.24, 2.45) is 0 Å². The Balaban J connectivity index is 2.44. The van der Waals surface area contributed by atoms with Crippen molar-refractivity contribution in [1.29, 1.82) is 0 Å². The minimum Gasteiger partial charge on any atom is -0.478 e. The highest BCUT2D eigenvalue weighted by molar-refractivity contribution is 5.95. The van der Waals surface area contributed by atoms with Crippen molar-refractivity contribution in [3.05, 3.63) is 22.9 Å². The van der Waals surface area contributed by atoms with Crippen molar-refractivity contribution in [2.45, 2.75) is 45.6 Å². The van der Waals surface area contributed by atoms with Crippen LogP contribution in [0.25, 0.3) is 0 Å². The fourth-order valence-electron chi connectivity index (χ4n) is 2.80. The maximum Gasteiger partial charge on any atom is 0.339 e. The van der Waals surface area contributed by atoms with Crippen LogP contribution in [0.15, 0.2) is 6.07 Å². The molecule has 98 valence electrons. The molecule has 1 fully saturated rings. The van der Waals surface area contributed by atoms with Crippen molar-refractivity contribution in [3.63, 3.8) is 0 Å². The van der Waals surface area contributed by atoms with Crippen LogP contribution < -0.4 is 4.90 Å². The quantitative estimate of drug-likeness (QED) is 0.893. The van der Waals surface area contributed by atoms with E-state index in [9.17, 15) is 9.90 Å². The van der Waals surface area contributed by atoms with E-state index in [1.807, 2.05) is 27.0 Å². The van der Waals surface area contributed by atoms with Gasteiger partial charge in [0.2, 0.25) is 0 Å². The van der Waals surface area contributed by atoms with Gasteiger partial charge in [-0.2, -0.15) is 0 Å². The summed E-state index contributed by atoms with van der Waals surface area (Å²) in [5, 5.41) is 9.36. The summed E-state index contributed by atoms with van der Waals surface area (Å²) in [5.41, 5.74) is 2.00. The van der Waals surface area contributed by atoms with E-state index in [-0.39, 0.29) is 0 Å². The number of pyridine rings is 1. The molecule has 1 aromatic heterocycles. The third-order valence-electron chi connectivity index (χ3n) is 3.75. The smallest absolute Gasteiger partial charge is 0.339 e. The molecule has 0 bridgehead atoms. The first kappa shape index (κ1) is 12.9. The van der Waals surface area contributed by atoms with Gasteiger partial charge in [0.1, 0.15) is 11.4 Å². The second-order valence-corrected chi connectivity index (χ2v) is 5.13. The van der Waals surface area contributed by atoms with Gasteiger partial charge in [0.25, 0.3) is 0 Å². The van der Waals surface area contributed by atoms with E-state index in [0.717, 1.165) is 24.1 Å². The molecule has 4 nitrogen and oxygen atoms in total. The fraction of sp³-hybridized carbons (Fsp3) is 0.571. The third-order valence-corrected chi connectivity index (χ3v) is 3.75. The highest BCUT2D eigenvalue weighted by Gasteiger charge is 2.25. The highest BCUT2D eigenvalue weighted by atomic mass is 16.4. The molecule has 1 aliphatic rings. The zero-order valence-electron chi connectivity index (χ0n) is 11.2. The van der Waals surface area contributed by atoms with Gasteiger partial charge < -0.3 is 10.0 Å². The molecule has 0 aromatic carbocycles. The number of hydrogen-bond donors (Lipinski definition) is 1. The summed E-state index contributed by atoms with van der Waals surface area (Å²) in [4.78, 5) is 17.9. The maximum absolute atomic E-state index is 11.4. The van der Waals surface area contributed by atoms with Gasteiger partial charge in [0.05, 0.1) is 0 Å². The highest BCUT2D eigenvalue weighted by Crippen LogP contribution is 2.29. The van der Waals surface area contributed by atoms with Crippen LogP contribution in [0.5, 0.6) is 0 Å². The largest absolute Gasteiger partial charge is 0.478 e. The first-order chi connectivity index (χ1) is 8.50. The van der Waals surface area contributed by atoms with Crippen LogP contribution in [0.2, 0.25) is 0 Å². The molecular weight excluding hydrogens is 228 g/mol. The number of aromatic nitrogens is 1. The Morgan fingerprint density at radius 3 is 2.56 bits per heavy atom. The van der Waals surface area contributed by atoms with E-state index < -0.39 is 5.97 Å². The average Bonchev–Trinajstić information content (AvgIpc) is 2.79. The Bertz CT molecular complexity index is 465. The van der Waals surface area contributed by atoms with Gasteiger partial charge in [-0.25, -0.2) is 9.78 Å². The Kier molecular flexibility index (Phi) is 3.55. The fourth-order valence-corrected chi connectivity index (χ4v) is 2.80. The molecule has 4 heteroatoms. The van der Waals surface area contributed by atoms with Crippen LogP contribution in [-0.2, 0) is 0 Å². The van der Waals surface area contributed by atoms with Gasteiger partial charge in [0.15, 0.2) is 0 Å². The zero-order valence-corrected chi connectivity index (χ0v) is 11.2. The molecular formula is C14H20N2O2. The topological polar surface area (TPSA) is 53.4 Å². The molecule has 0 radical (unpaired) electrons. The number of carboxylic acids is 1. The lowest BCUT2D eigenvalue weighted by Crippen LogP contribution is -2.31. The number of carbonyl (C=O) groups is 1. The summed E-state index contributed by atoms with van der Waals surface area (Å²) < 4.78 is 0. The second kappa shape index (κ2) is 4.96. The summed E-state index contributed by atoms with van der Waals surface area (Å²) >= 11 is 0. The third kappa shape index (κ3) is 2.33. The molecule has 0 aliphatic heterocycles. The molecule has 1 aliphatic carbocycles. The monoisotopic (exact) mass is 248 g/mol. The Morgan fingerprint density at radius 1 is 1.39 bits per heavy atom. The Hall–Kier alpha value is -1.58. The molecule has 1 aromatic rings. The molecule has 0 unspecified atom stereocenters. The van der Waals surface area contributed by atoms with Gasteiger partial charge in [-0.15, -0.1) is 0 Å². The summed E-state index contributed by atoms with van der Waals surface area (Å²) in [6.07, 6.45) is 4.71. The van der Waals surface area contributed by atoms with Crippen molar-refractivity contribution >= 4 is 11.8 Å². The van der Waals surface area contributed by atoms with Crippen LogP contribution in [0.4, 0.5) is 5.82 Å². The van der Waals surface area contributed by atoms with Crippen LogP contribution in [0.3, 0.4) is 0 Å². The molecule has 18 heavy (non-hydrogen) atoms. The van der Waals surface area contributed by atoms with E-state index in [0.29, 0.717) is 17.4 Å². The van der Waals surface area contributed by atoms with Gasteiger partial charge in [-0.1, -0.05) is 12.8 Å². The Morgan fingerprint density at radius 2 is 2.00 bits per heavy atom. The molecule has 0 atom stereocenters. The van der Waals surface area contributed by atoms with E-state index in [4.69, 9.17) is 0 Å². The maximum atomic E-state index is 11.4. The van der Waals surface area contributed by atoms with Crippen molar-refractivity contribution in [2.75, 3.05) is 11.9 Å². The summed E-state index contributed by atoms with van der Waals surface area (Å²) in [7, 11) is 1.96. The number of carboxylic acid groups (broad SMARTS) is 1. The van der Waals surface area contributed by atoms with E-state index in [1.165, 1.54) is 12.8 Å². The van der Waals surface area contributed by atoms with Crippen LogP contribution >= 0.6 is 0 Å². The number of hydrogen-bond acceptors (Lipinski definition) is 3. The molecule has 1 N–H and O–H groups in total. The normalized spacial score (nSPS) is 15.9. The van der Waals surface area contributed by atoms with E-state index in [1.54, 1.807) is 0 Å². The Labute approximate surface area is 108 Å². The van der Waals surface area contributed by atoms with Crippen LogP contribution in [0.1, 0.15) is 47.3 Å². The zero-order chi connectivity index (χ0) is 13.3. The second-order valence-electron chi connectivity index (χ2n) is 5.13. The first-order valence-electron chi connectivity index (χ1n) is 6.45. The van der Waals surface area contributed by atoms with Crippen LogP contribution in [0, 0.1) is 13.8 Å². The van der Waals surface area contributed by atoms with E-state index >= 15 is 0 Å². The number of anilines is 1. The summed E-state index contributed by atoms with van der Waals surface area (Å²) in [6, 6.07) is 2.26. The van der Waals surface area contributed by atoms with Crippen molar-refractivity contribution < 1.29 is 9.90 Å². The lowest BCUT2D eigenvalue weighted by Gasteiger charge is -2.27. The molecule has 1 saturated carbocycles. The average molecular weight is 248 g/mol. The van der Waals surface area contributed by atoms with Gasteiger partial charge in [-0.05, 0) is 38.3 Å². The minimum atomic E-state index is -0.889. The summed E-state index contributed by atoms with van der Waals surface area (Å²) in [6.45, 7) is 3.74. The summed E-state index contributed by atoms with van der Waals surface area (Å²) in [5.74, 6) is -0.272. The van der Waals surface area contributed by atoms with Gasteiger partial charge in [-0.3, -0.25) is 0 Å². The molecule has 0 saturated heterocycles. The predicted molar refractivity (Wildman–Crippen MR) is 71.3 cm³/mol. The lowest BCUT2D eigenvalue weighted by atomic mass is 10.1. The van der Waals surface area contributed by atoms with Crippen molar-refractivity contribution in [1.82, 2.24) is 4.98 Å². The number of rotatable bonds is 3. The predicted octanol–water partition coefficient (Wildman–Crippen LogP) is 2.78. The molecule has 0 spiro atoms. The van der Waals surface area contributed by atoms with Gasteiger partial charge >= 0.3 is 5.97 Å².